The van der Waals surface area contributed by atoms with Crippen LogP contribution < -0.4 is 5.32 Å². The summed E-state index contributed by atoms with van der Waals surface area (Å²) in [5, 5.41) is 3.26. The molecule has 0 aliphatic carbocycles. The van der Waals surface area contributed by atoms with Gasteiger partial charge >= 0.3 is 0 Å². The summed E-state index contributed by atoms with van der Waals surface area (Å²) in [6.45, 7) is 7.70. The Morgan fingerprint density at radius 3 is 2.63 bits per heavy atom. The van der Waals surface area contributed by atoms with Crippen LogP contribution in [0.5, 0.6) is 0 Å². The molecule has 0 saturated carbocycles. The first-order valence-corrected chi connectivity index (χ1v) is 7.34. The lowest BCUT2D eigenvalue weighted by molar-refractivity contribution is -0.128. The van der Waals surface area contributed by atoms with E-state index in [4.69, 9.17) is 0 Å². The average Bonchev–Trinajstić information content (AvgIpc) is 2.38. The minimum atomic E-state index is 0. The minimum Gasteiger partial charge on any atom is -0.339 e. The van der Waals surface area contributed by atoms with Crippen molar-refractivity contribution in [3.8, 4) is 0 Å². The molecule has 1 aliphatic rings. The van der Waals surface area contributed by atoms with E-state index in [1.54, 1.807) is 11.8 Å². The van der Waals surface area contributed by atoms with E-state index in [1.165, 1.54) is 16.0 Å². The van der Waals surface area contributed by atoms with Crippen LogP contribution in [0.2, 0.25) is 0 Å². The maximum Gasteiger partial charge on any atom is 0.233 e. The number of amides is 1. The van der Waals surface area contributed by atoms with Crippen LogP contribution in [0.15, 0.2) is 23.1 Å². The normalized spacial score (nSPS) is 14.9. The largest absolute Gasteiger partial charge is 0.339 e. The Morgan fingerprint density at radius 1 is 1.32 bits per heavy atom. The first kappa shape index (κ1) is 16.3. The van der Waals surface area contributed by atoms with Crippen molar-refractivity contribution < 1.29 is 4.79 Å². The monoisotopic (exact) mass is 300 g/mol. The van der Waals surface area contributed by atoms with Crippen LogP contribution in [0.1, 0.15) is 11.1 Å². The van der Waals surface area contributed by atoms with E-state index in [-0.39, 0.29) is 18.3 Å². The summed E-state index contributed by atoms with van der Waals surface area (Å²) in [5.41, 5.74) is 2.53. The van der Waals surface area contributed by atoms with Gasteiger partial charge in [-0.2, -0.15) is 0 Å². The highest BCUT2D eigenvalue weighted by Gasteiger charge is 2.16. The third kappa shape index (κ3) is 4.71. The van der Waals surface area contributed by atoms with Gasteiger partial charge in [-0.25, -0.2) is 0 Å². The van der Waals surface area contributed by atoms with Crippen molar-refractivity contribution in [2.45, 2.75) is 18.7 Å². The molecular weight excluding hydrogens is 280 g/mol. The lowest BCUT2D eigenvalue weighted by atomic mass is 10.2. The second-order valence-electron chi connectivity index (χ2n) is 4.69. The van der Waals surface area contributed by atoms with Gasteiger partial charge < -0.3 is 10.2 Å². The molecular formula is C14H21ClN2OS. The molecule has 106 valence electrons. The number of hydrogen-bond acceptors (Lipinski definition) is 3. The van der Waals surface area contributed by atoms with Gasteiger partial charge in [-0.1, -0.05) is 17.7 Å². The van der Waals surface area contributed by atoms with E-state index in [9.17, 15) is 4.79 Å². The highest BCUT2D eigenvalue weighted by Crippen LogP contribution is 2.23. The van der Waals surface area contributed by atoms with Gasteiger partial charge in [0.2, 0.25) is 5.91 Å². The van der Waals surface area contributed by atoms with E-state index in [1.807, 2.05) is 4.90 Å². The van der Waals surface area contributed by atoms with Crippen molar-refractivity contribution in [3.63, 3.8) is 0 Å². The Kier molecular flexibility index (Phi) is 6.69. The number of hydrogen-bond donors (Lipinski definition) is 1. The number of thioether (sulfide) groups is 1. The van der Waals surface area contributed by atoms with E-state index >= 15 is 0 Å². The van der Waals surface area contributed by atoms with Gasteiger partial charge in [0, 0.05) is 31.1 Å². The summed E-state index contributed by atoms with van der Waals surface area (Å²) in [7, 11) is 0. The molecule has 0 atom stereocenters. The van der Waals surface area contributed by atoms with Crippen molar-refractivity contribution in [2.75, 3.05) is 31.9 Å². The molecule has 0 spiro atoms. The summed E-state index contributed by atoms with van der Waals surface area (Å²) in [4.78, 5) is 15.2. The molecule has 1 aliphatic heterocycles. The van der Waals surface area contributed by atoms with Crippen molar-refractivity contribution >= 4 is 30.1 Å². The molecule has 0 radical (unpaired) electrons. The Balaban J connectivity index is 0.00000180. The Labute approximate surface area is 125 Å². The van der Waals surface area contributed by atoms with Gasteiger partial charge in [0.1, 0.15) is 0 Å². The van der Waals surface area contributed by atoms with Crippen molar-refractivity contribution in [1.29, 1.82) is 0 Å². The Morgan fingerprint density at radius 2 is 2.00 bits per heavy atom. The number of carbonyl (C=O) groups is 1. The number of carbonyl (C=O) groups excluding carboxylic acids is 1. The predicted molar refractivity (Wildman–Crippen MR) is 83.3 cm³/mol. The topological polar surface area (TPSA) is 32.3 Å². The molecule has 2 rings (SSSR count). The maximum absolute atomic E-state index is 12.0. The Bertz CT molecular complexity index is 433. The molecule has 0 aromatic heterocycles. The molecule has 0 bridgehead atoms. The summed E-state index contributed by atoms with van der Waals surface area (Å²) in [6, 6.07) is 6.38. The minimum absolute atomic E-state index is 0. The number of aryl methyl sites for hydroxylation is 2. The number of benzene rings is 1. The molecule has 1 amide bonds. The molecule has 1 aromatic carbocycles. The number of piperazine rings is 1. The van der Waals surface area contributed by atoms with E-state index in [2.05, 4.69) is 37.4 Å². The van der Waals surface area contributed by atoms with Gasteiger partial charge in [0.15, 0.2) is 0 Å². The SMILES string of the molecule is Cc1ccc(SCC(=O)N2CCNCC2)c(C)c1.Cl. The van der Waals surface area contributed by atoms with Crippen molar-refractivity contribution in [2.24, 2.45) is 0 Å². The molecule has 5 heteroatoms. The van der Waals surface area contributed by atoms with Crippen LogP contribution >= 0.6 is 24.2 Å². The summed E-state index contributed by atoms with van der Waals surface area (Å²) < 4.78 is 0. The number of nitrogens with zero attached hydrogens (tertiary/aromatic N) is 1. The first-order chi connectivity index (χ1) is 8.66. The molecule has 19 heavy (non-hydrogen) atoms. The fourth-order valence-corrected chi connectivity index (χ4v) is 3.02. The quantitative estimate of drug-likeness (QED) is 0.869. The number of rotatable bonds is 3. The number of halogens is 1. The Hall–Kier alpha value is -0.710. The summed E-state index contributed by atoms with van der Waals surface area (Å²) in [5.74, 6) is 0.797. The van der Waals surface area contributed by atoms with Gasteiger partial charge in [0.05, 0.1) is 5.75 Å². The molecule has 1 aromatic rings. The first-order valence-electron chi connectivity index (χ1n) is 6.35. The third-order valence-corrected chi connectivity index (χ3v) is 4.31. The smallest absolute Gasteiger partial charge is 0.233 e. The lowest BCUT2D eigenvalue weighted by Crippen LogP contribution is -2.47. The van der Waals surface area contributed by atoms with Crippen LogP contribution in [0.4, 0.5) is 0 Å². The highest BCUT2D eigenvalue weighted by molar-refractivity contribution is 8.00. The van der Waals surface area contributed by atoms with E-state index in [0.29, 0.717) is 5.75 Å². The standard InChI is InChI=1S/C14H20N2OS.ClH/c1-11-3-4-13(12(2)9-11)18-10-14(17)16-7-5-15-6-8-16;/h3-4,9,15H,5-8,10H2,1-2H3;1H. The molecule has 1 fully saturated rings. The van der Waals surface area contributed by atoms with E-state index < -0.39 is 0 Å². The van der Waals surface area contributed by atoms with Gasteiger partial charge in [-0.15, -0.1) is 24.2 Å². The zero-order chi connectivity index (χ0) is 13.0. The van der Waals surface area contributed by atoms with Crippen LogP contribution in [0.25, 0.3) is 0 Å². The van der Waals surface area contributed by atoms with Gasteiger partial charge in [0.25, 0.3) is 0 Å². The zero-order valence-corrected chi connectivity index (χ0v) is 13.1. The predicted octanol–water partition coefficient (Wildman–Crippen LogP) is 2.25. The zero-order valence-electron chi connectivity index (χ0n) is 11.4. The summed E-state index contributed by atoms with van der Waals surface area (Å²) >= 11 is 1.65. The third-order valence-electron chi connectivity index (χ3n) is 3.15. The van der Waals surface area contributed by atoms with E-state index in [0.717, 1.165) is 26.2 Å². The van der Waals surface area contributed by atoms with Gasteiger partial charge in [-0.3, -0.25) is 4.79 Å². The molecule has 1 heterocycles. The van der Waals surface area contributed by atoms with Crippen LogP contribution in [0, 0.1) is 13.8 Å². The second-order valence-corrected chi connectivity index (χ2v) is 5.71. The highest BCUT2D eigenvalue weighted by atomic mass is 35.5. The molecule has 1 N–H and O–H groups in total. The maximum atomic E-state index is 12.0. The molecule has 1 saturated heterocycles. The molecule has 0 unspecified atom stereocenters. The summed E-state index contributed by atoms with van der Waals surface area (Å²) in [6.07, 6.45) is 0. The lowest BCUT2D eigenvalue weighted by Gasteiger charge is -2.27. The number of nitrogens with one attached hydrogen (secondary N) is 1. The van der Waals surface area contributed by atoms with Crippen molar-refractivity contribution in [3.05, 3.63) is 29.3 Å². The average molecular weight is 301 g/mol. The van der Waals surface area contributed by atoms with Crippen LogP contribution in [0.3, 0.4) is 0 Å². The fourth-order valence-electron chi connectivity index (χ4n) is 2.11. The molecule has 3 nitrogen and oxygen atoms in total. The van der Waals surface area contributed by atoms with Crippen LogP contribution in [-0.2, 0) is 4.79 Å². The van der Waals surface area contributed by atoms with Gasteiger partial charge in [-0.05, 0) is 25.5 Å². The second kappa shape index (κ2) is 7.78. The van der Waals surface area contributed by atoms with Crippen molar-refractivity contribution in [1.82, 2.24) is 10.2 Å². The van der Waals surface area contributed by atoms with Crippen LogP contribution in [-0.4, -0.2) is 42.7 Å². The fraction of sp³-hybridized carbons (Fsp3) is 0.500.